The molecule has 11 heteroatoms. The molecule has 1 heterocycles. The van der Waals surface area contributed by atoms with E-state index in [4.69, 9.17) is 23.2 Å². The van der Waals surface area contributed by atoms with Gasteiger partial charge in [0, 0.05) is 27.5 Å². The number of aliphatic hydroxyl groups is 2. The molecule has 1 atom stereocenters. The van der Waals surface area contributed by atoms with E-state index in [0.29, 0.717) is 37.9 Å². The van der Waals surface area contributed by atoms with Crippen molar-refractivity contribution < 1.29 is 19.0 Å². The fourth-order valence-electron chi connectivity index (χ4n) is 3.34. The van der Waals surface area contributed by atoms with E-state index in [0.717, 1.165) is 11.9 Å². The Balaban J connectivity index is 1.64. The van der Waals surface area contributed by atoms with E-state index in [9.17, 15) is 14.6 Å². The quantitative estimate of drug-likeness (QED) is 0.197. The maximum absolute atomic E-state index is 15.4. The normalized spacial score (nSPS) is 12.1. The summed E-state index contributed by atoms with van der Waals surface area (Å²) < 4.78 is 33.0. The van der Waals surface area contributed by atoms with Gasteiger partial charge in [0.05, 0.1) is 35.0 Å². The minimum absolute atomic E-state index is 0.0434. The lowest BCUT2D eigenvalue weighted by atomic mass is 10.0. The number of halogens is 4. The topological polar surface area (TPSA) is 90.3 Å². The molecular weight excluding hydrogens is 517 g/mol. The first-order chi connectivity index (χ1) is 16.8. The van der Waals surface area contributed by atoms with E-state index in [2.05, 4.69) is 20.0 Å². The molecule has 6 nitrogen and oxygen atoms in total. The third kappa shape index (κ3) is 5.60. The van der Waals surface area contributed by atoms with Gasteiger partial charge in [-0.15, -0.1) is 0 Å². The predicted octanol–water partition coefficient (Wildman–Crippen LogP) is 6.29. The largest absolute Gasteiger partial charge is 0.394 e. The van der Waals surface area contributed by atoms with Crippen molar-refractivity contribution in [3.63, 3.8) is 0 Å². The van der Waals surface area contributed by atoms with Crippen LogP contribution < -0.4 is 10.0 Å². The summed E-state index contributed by atoms with van der Waals surface area (Å²) >= 11 is 13.3. The molecule has 0 fully saturated rings. The lowest BCUT2D eigenvalue weighted by Crippen LogP contribution is -2.20. The van der Waals surface area contributed by atoms with Gasteiger partial charge in [0.1, 0.15) is 5.82 Å². The number of hydrogen-bond acceptors (Lipinski definition) is 7. The highest BCUT2D eigenvalue weighted by molar-refractivity contribution is 8.00. The van der Waals surface area contributed by atoms with E-state index < -0.39 is 11.6 Å². The summed E-state index contributed by atoms with van der Waals surface area (Å²) in [6.45, 7) is 1.41. The summed E-state index contributed by atoms with van der Waals surface area (Å²) in [7, 11) is 0. The van der Waals surface area contributed by atoms with Gasteiger partial charge in [-0.3, -0.25) is 0 Å². The fourth-order valence-corrected chi connectivity index (χ4v) is 4.71. The minimum atomic E-state index is -0.784. The van der Waals surface area contributed by atoms with Crippen molar-refractivity contribution in [3.05, 3.63) is 75.9 Å². The molecule has 182 valence electrons. The Hall–Kier alpha value is -2.69. The Labute approximate surface area is 214 Å². The lowest BCUT2D eigenvalue weighted by molar-refractivity contribution is 0.281. The second kappa shape index (κ2) is 10.9. The molecule has 0 aliphatic carbocycles. The van der Waals surface area contributed by atoms with E-state index in [1.807, 2.05) is 0 Å². The summed E-state index contributed by atoms with van der Waals surface area (Å²) in [5.41, 5.74) is 1.17. The van der Waals surface area contributed by atoms with Crippen molar-refractivity contribution in [2.75, 3.05) is 16.6 Å². The fraction of sp³-hybridized carbons (Fsp3) is 0.167. The van der Waals surface area contributed by atoms with E-state index in [1.54, 1.807) is 43.5 Å². The Morgan fingerprint density at radius 1 is 1.09 bits per heavy atom. The van der Waals surface area contributed by atoms with Gasteiger partial charge in [0.25, 0.3) is 0 Å². The van der Waals surface area contributed by atoms with Crippen LogP contribution in [-0.2, 0) is 6.61 Å². The summed E-state index contributed by atoms with van der Waals surface area (Å²) in [5.74, 6) is -1.17. The van der Waals surface area contributed by atoms with Crippen LogP contribution in [0.1, 0.15) is 12.5 Å². The highest BCUT2D eigenvalue weighted by Crippen LogP contribution is 2.37. The number of rotatable bonds is 8. The number of anilines is 2. The molecule has 0 radical (unpaired) electrons. The smallest absolute Gasteiger partial charge is 0.223 e. The highest BCUT2D eigenvalue weighted by Gasteiger charge is 2.18. The van der Waals surface area contributed by atoms with E-state index >= 15 is 4.39 Å². The van der Waals surface area contributed by atoms with Crippen molar-refractivity contribution in [1.82, 2.24) is 9.97 Å². The van der Waals surface area contributed by atoms with E-state index in [1.165, 1.54) is 12.1 Å². The predicted molar refractivity (Wildman–Crippen MR) is 137 cm³/mol. The Bertz CT molecular complexity index is 1390. The number of nitrogens with zero attached hydrogens (tertiary/aromatic N) is 2. The van der Waals surface area contributed by atoms with E-state index in [-0.39, 0.29) is 35.5 Å². The van der Waals surface area contributed by atoms with Gasteiger partial charge in [-0.1, -0.05) is 29.3 Å². The molecule has 35 heavy (non-hydrogen) atoms. The van der Waals surface area contributed by atoms with Gasteiger partial charge in [-0.05, 0) is 66.4 Å². The van der Waals surface area contributed by atoms with Crippen LogP contribution in [0.4, 0.5) is 20.4 Å². The van der Waals surface area contributed by atoms with Crippen LogP contribution >= 0.6 is 35.1 Å². The van der Waals surface area contributed by atoms with Crippen molar-refractivity contribution in [2.45, 2.75) is 24.5 Å². The van der Waals surface area contributed by atoms with Gasteiger partial charge < -0.3 is 20.3 Å². The molecule has 0 unspecified atom stereocenters. The van der Waals surface area contributed by atoms with Crippen LogP contribution in [0.5, 0.6) is 0 Å². The summed E-state index contributed by atoms with van der Waals surface area (Å²) in [5, 5.41) is 22.8. The van der Waals surface area contributed by atoms with Crippen molar-refractivity contribution >= 4 is 57.7 Å². The summed E-state index contributed by atoms with van der Waals surface area (Å²) in [6.07, 6.45) is 1.55. The van der Waals surface area contributed by atoms with Crippen molar-refractivity contribution in [1.29, 1.82) is 0 Å². The zero-order valence-electron chi connectivity index (χ0n) is 18.3. The molecule has 4 aromatic rings. The Morgan fingerprint density at radius 3 is 2.63 bits per heavy atom. The van der Waals surface area contributed by atoms with Crippen LogP contribution in [0.15, 0.2) is 53.6 Å². The molecule has 0 saturated carbocycles. The minimum Gasteiger partial charge on any atom is -0.394 e. The molecule has 0 bridgehead atoms. The molecule has 1 aromatic heterocycles. The standard InChI is InChI=1S/C24H20Cl2F2N4O2S/c1-12(10-33)30-24-29-9-14-6-13(2-4-18(14)31-24)21-17(27)3-5-19(23(21)28)32-35-20-8-16(25)7-15(11-34)22(20)26/h2-9,12,32-34H,10-11H2,1H3,(H,29,30,31)/t12-/m1/s1. The molecule has 0 aliphatic heterocycles. The first-order valence-corrected chi connectivity index (χ1v) is 12.0. The van der Waals surface area contributed by atoms with Gasteiger partial charge in [0.15, 0.2) is 5.82 Å². The average molecular weight is 537 g/mol. The first kappa shape index (κ1) is 25.4. The number of aromatic nitrogens is 2. The van der Waals surface area contributed by atoms with Crippen molar-refractivity contribution in [3.8, 4) is 11.1 Å². The highest BCUT2D eigenvalue weighted by atomic mass is 35.5. The molecule has 4 rings (SSSR count). The van der Waals surface area contributed by atoms with Gasteiger partial charge in [0.2, 0.25) is 5.95 Å². The van der Waals surface area contributed by atoms with Gasteiger partial charge >= 0.3 is 0 Å². The van der Waals surface area contributed by atoms with Gasteiger partial charge in [-0.2, -0.15) is 0 Å². The van der Waals surface area contributed by atoms with Crippen LogP contribution in [-0.4, -0.2) is 32.8 Å². The molecule has 0 saturated heterocycles. The Morgan fingerprint density at radius 2 is 1.89 bits per heavy atom. The number of fused-ring (bicyclic) bond motifs is 1. The molecule has 0 aliphatic rings. The SMILES string of the molecule is C[C@H](CO)Nc1ncc2cc(-c3c(F)ccc(NSc4cc(Cl)cc(CO)c4Cl)c3F)ccc2n1. The number of nitrogens with one attached hydrogen (secondary N) is 2. The zero-order valence-corrected chi connectivity index (χ0v) is 20.6. The number of hydrogen-bond donors (Lipinski definition) is 4. The second-order valence-corrected chi connectivity index (χ2v) is 9.38. The monoisotopic (exact) mass is 536 g/mol. The number of benzene rings is 3. The zero-order chi connectivity index (χ0) is 25.1. The molecule has 3 aromatic carbocycles. The summed E-state index contributed by atoms with van der Waals surface area (Å²) in [4.78, 5) is 9.06. The van der Waals surface area contributed by atoms with Crippen LogP contribution in [0.25, 0.3) is 22.0 Å². The lowest BCUT2D eigenvalue weighted by Gasteiger charge is -2.14. The molecular formula is C24H20Cl2F2N4O2S. The van der Waals surface area contributed by atoms with Crippen LogP contribution in [0, 0.1) is 11.6 Å². The molecule has 0 spiro atoms. The first-order valence-electron chi connectivity index (χ1n) is 10.4. The molecule has 0 amide bonds. The van der Waals surface area contributed by atoms with Crippen LogP contribution in [0.3, 0.4) is 0 Å². The maximum Gasteiger partial charge on any atom is 0.223 e. The molecule has 4 N–H and O–H groups in total. The third-order valence-electron chi connectivity index (χ3n) is 5.13. The maximum atomic E-state index is 15.4. The second-order valence-electron chi connectivity index (χ2n) is 7.72. The average Bonchev–Trinajstić information content (AvgIpc) is 2.85. The summed E-state index contributed by atoms with van der Waals surface area (Å²) in [6, 6.07) is 10.2. The van der Waals surface area contributed by atoms with Crippen molar-refractivity contribution in [2.24, 2.45) is 0 Å². The third-order valence-corrected chi connectivity index (χ3v) is 6.77. The van der Waals surface area contributed by atoms with Crippen LogP contribution in [0.2, 0.25) is 10.0 Å². The van der Waals surface area contributed by atoms with Gasteiger partial charge in [-0.25, -0.2) is 18.7 Å². The number of aliphatic hydroxyl groups excluding tert-OH is 2. The Kier molecular flexibility index (Phi) is 7.93.